The van der Waals surface area contributed by atoms with Crippen LogP contribution in [-0.2, 0) is 16.1 Å². The molecule has 0 radical (unpaired) electrons. The van der Waals surface area contributed by atoms with Crippen LogP contribution in [0.4, 0.5) is 5.69 Å². The Morgan fingerprint density at radius 2 is 1.80 bits per heavy atom. The number of nitrogens with zero attached hydrogens (tertiary/aromatic N) is 2. The Kier molecular flexibility index (Phi) is 5.72. The second-order valence-electron chi connectivity index (χ2n) is 7.16. The van der Waals surface area contributed by atoms with Gasteiger partial charge in [0, 0.05) is 10.1 Å². The maximum atomic E-state index is 13.2. The van der Waals surface area contributed by atoms with Gasteiger partial charge < -0.3 is 9.32 Å². The van der Waals surface area contributed by atoms with Gasteiger partial charge in [-0.3, -0.25) is 14.4 Å². The van der Waals surface area contributed by atoms with Crippen LogP contribution in [0.25, 0.3) is 0 Å². The Labute approximate surface area is 187 Å². The standard InChI is InChI=1S/C23H19IN2O4/c1-15-4-6-16(7-5-15)14-25(23(29)20-3-2-12-30-20)19-13-21(27)26(22(19)28)18-10-8-17(24)9-11-18/h2-12,19H,13-14H2,1H3. The first-order valence-corrected chi connectivity index (χ1v) is 10.5. The molecule has 1 saturated heterocycles. The van der Waals surface area contributed by atoms with Gasteiger partial charge in [-0.15, -0.1) is 0 Å². The first kappa shape index (κ1) is 20.3. The lowest BCUT2D eigenvalue weighted by atomic mass is 10.1. The highest BCUT2D eigenvalue weighted by atomic mass is 127. The monoisotopic (exact) mass is 514 g/mol. The smallest absolute Gasteiger partial charge is 0.290 e. The van der Waals surface area contributed by atoms with Gasteiger partial charge in [0.05, 0.1) is 18.4 Å². The highest BCUT2D eigenvalue weighted by molar-refractivity contribution is 14.1. The Morgan fingerprint density at radius 1 is 1.10 bits per heavy atom. The van der Waals surface area contributed by atoms with E-state index in [0.717, 1.165) is 19.6 Å². The molecule has 6 nitrogen and oxygen atoms in total. The zero-order valence-corrected chi connectivity index (χ0v) is 18.4. The number of halogens is 1. The minimum atomic E-state index is -0.893. The van der Waals surface area contributed by atoms with Gasteiger partial charge in [0.1, 0.15) is 6.04 Å². The second kappa shape index (κ2) is 8.43. The summed E-state index contributed by atoms with van der Waals surface area (Å²) in [4.78, 5) is 41.7. The Hall–Kier alpha value is -2.94. The summed E-state index contributed by atoms with van der Waals surface area (Å²) in [6.07, 6.45) is 1.35. The van der Waals surface area contributed by atoms with Gasteiger partial charge in [0.25, 0.3) is 11.8 Å². The quantitative estimate of drug-likeness (QED) is 0.379. The average Bonchev–Trinajstić information content (AvgIpc) is 3.37. The molecular formula is C23H19IN2O4. The fourth-order valence-electron chi connectivity index (χ4n) is 3.48. The van der Waals surface area contributed by atoms with E-state index in [2.05, 4.69) is 22.6 Å². The number of benzene rings is 2. The fourth-order valence-corrected chi connectivity index (χ4v) is 3.84. The molecule has 0 bridgehead atoms. The Bertz CT molecular complexity index is 1080. The molecule has 1 aromatic heterocycles. The number of anilines is 1. The third-order valence-corrected chi connectivity index (χ3v) is 5.77. The molecule has 2 heterocycles. The van der Waals surface area contributed by atoms with Crippen molar-refractivity contribution in [2.24, 2.45) is 0 Å². The predicted octanol–water partition coefficient (Wildman–Crippen LogP) is 4.17. The number of aryl methyl sites for hydroxylation is 1. The van der Waals surface area contributed by atoms with Crippen molar-refractivity contribution >= 4 is 46.0 Å². The van der Waals surface area contributed by atoms with Gasteiger partial charge in [-0.05, 0) is 71.5 Å². The van der Waals surface area contributed by atoms with Gasteiger partial charge in [-0.1, -0.05) is 29.8 Å². The molecule has 1 aliphatic rings. The number of carbonyl (C=O) groups excluding carboxylic acids is 3. The molecule has 1 unspecified atom stereocenters. The molecule has 0 spiro atoms. The number of amides is 3. The minimum absolute atomic E-state index is 0.0663. The molecule has 4 rings (SSSR count). The summed E-state index contributed by atoms with van der Waals surface area (Å²) in [6, 6.07) is 17.1. The number of hydrogen-bond acceptors (Lipinski definition) is 4. The Morgan fingerprint density at radius 3 is 2.43 bits per heavy atom. The largest absolute Gasteiger partial charge is 0.459 e. The van der Waals surface area contributed by atoms with Gasteiger partial charge in [0.2, 0.25) is 5.91 Å². The summed E-state index contributed by atoms with van der Waals surface area (Å²) in [7, 11) is 0. The number of rotatable bonds is 5. The van der Waals surface area contributed by atoms with E-state index >= 15 is 0 Å². The van der Waals surface area contributed by atoms with Crippen LogP contribution in [0.2, 0.25) is 0 Å². The highest BCUT2D eigenvalue weighted by Gasteiger charge is 2.45. The zero-order valence-electron chi connectivity index (χ0n) is 16.2. The van der Waals surface area contributed by atoms with E-state index in [0.29, 0.717) is 5.69 Å². The predicted molar refractivity (Wildman–Crippen MR) is 120 cm³/mol. The van der Waals surface area contributed by atoms with Crippen LogP contribution in [0.5, 0.6) is 0 Å². The molecule has 30 heavy (non-hydrogen) atoms. The van der Waals surface area contributed by atoms with Crippen LogP contribution in [0, 0.1) is 10.5 Å². The SMILES string of the molecule is Cc1ccc(CN(C(=O)c2ccco2)C2CC(=O)N(c3ccc(I)cc3)C2=O)cc1. The first-order chi connectivity index (χ1) is 14.4. The molecule has 3 amide bonds. The molecule has 0 N–H and O–H groups in total. The van der Waals surface area contributed by atoms with Crippen LogP contribution < -0.4 is 4.90 Å². The first-order valence-electron chi connectivity index (χ1n) is 9.46. The molecule has 1 fully saturated rings. The molecule has 1 aliphatic heterocycles. The van der Waals surface area contributed by atoms with Crippen molar-refractivity contribution < 1.29 is 18.8 Å². The fraction of sp³-hybridized carbons (Fsp3) is 0.174. The maximum Gasteiger partial charge on any atom is 0.290 e. The van der Waals surface area contributed by atoms with Crippen LogP contribution in [-0.4, -0.2) is 28.7 Å². The number of hydrogen-bond donors (Lipinski definition) is 0. The van der Waals surface area contributed by atoms with E-state index in [1.54, 1.807) is 24.3 Å². The molecule has 0 aliphatic carbocycles. The van der Waals surface area contributed by atoms with E-state index < -0.39 is 17.9 Å². The lowest BCUT2D eigenvalue weighted by Crippen LogP contribution is -2.45. The molecule has 0 saturated carbocycles. The normalized spacial score (nSPS) is 16.2. The minimum Gasteiger partial charge on any atom is -0.459 e. The van der Waals surface area contributed by atoms with E-state index in [1.165, 1.54) is 11.2 Å². The lowest BCUT2D eigenvalue weighted by molar-refractivity contribution is -0.122. The van der Waals surface area contributed by atoms with E-state index in [-0.39, 0.29) is 24.6 Å². The maximum absolute atomic E-state index is 13.2. The molecule has 2 aromatic carbocycles. The van der Waals surface area contributed by atoms with Crippen LogP contribution in [0.1, 0.15) is 28.1 Å². The summed E-state index contributed by atoms with van der Waals surface area (Å²) in [5.41, 5.74) is 2.47. The number of furan rings is 1. The van der Waals surface area contributed by atoms with Gasteiger partial charge in [0.15, 0.2) is 5.76 Å². The third kappa shape index (κ3) is 4.02. The molecule has 1 atom stereocenters. The van der Waals surface area contributed by atoms with Crippen molar-refractivity contribution in [1.29, 1.82) is 0 Å². The third-order valence-electron chi connectivity index (χ3n) is 5.05. The zero-order chi connectivity index (χ0) is 21.3. The van der Waals surface area contributed by atoms with E-state index in [4.69, 9.17) is 4.42 Å². The van der Waals surface area contributed by atoms with Gasteiger partial charge in [-0.2, -0.15) is 0 Å². The highest BCUT2D eigenvalue weighted by Crippen LogP contribution is 2.28. The molecule has 152 valence electrons. The van der Waals surface area contributed by atoms with Crippen molar-refractivity contribution in [1.82, 2.24) is 4.90 Å². The number of imide groups is 1. The molecule has 7 heteroatoms. The van der Waals surface area contributed by atoms with Crippen molar-refractivity contribution in [3.8, 4) is 0 Å². The summed E-state index contributed by atoms with van der Waals surface area (Å²) < 4.78 is 6.28. The average molecular weight is 514 g/mol. The lowest BCUT2D eigenvalue weighted by Gasteiger charge is -2.27. The second-order valence-corrected chi connectivity index (χ2v) is 8.41. The topological polar surface area (TPSA) is 70.8 Å². The summed E-state index contributed by atoms with van der Waals surface area (Å²) >= 11 is 2.16. The van der Waals surface area contributed by atoms with Crippen molar-refractivity contribution in [3.05, 3.63) is 87.4 Å². The molecular weight excluding hydrogens is 495 g/mol. The summed E-state index contributed by atoms with van der Waals surface area (Å²) in [5.74, 6) is -1.02. The summed E-state index contributed by atoms with van der Waals surface area (Å²) in [6.45, 7) is 2.18. The van der Waals surface area contributed by atoms with E-state index in [1.807, 2.05) is 43.3 Å². The van der Waals surface area contributed by atoms with Gasteiger partial charge in [-0.25, -0.2) is 4.90 Å². The summed E-state index contributed by atoms with van der Waals surface area (Å²) in [5, 5.41) is 0. The van der Waals surface area contributed by atoms with E-state index in [9.17, 15) is 14.4 Å². The van der Waals surface area contributed by atoms with Gasteiger partial charge >= 0.3 is 0 Å². The van der Waals surface area contributed by atoms with Crippen LogP contribution in [0.15, 0.2) is 71.3 Å². The van der Waals surface area contributed by atoms with Crippen molar-refractivity contribution in [2.45, 2.75) is 25.9 Å². The molecule has 3 aromatic rings. The van der Waals surface area contributed by atoms with Crippen LogP contribution in [0.3, 0.4) is 0 Å². The number of carbonyl (C=O) groups is 3. The van der Waals surface area contributed by atoms with Crippen molar-refractivity contribution in [3.63, 3.8) is 0 Å². The van der Waals surface area contributed by atoms with Crippen LogP contribution >= 0.6 is 22.6 Å². The van der Waals surface area contributed by atoms with Crippen molar-refractivity contribution in [2.75, 3.05) is 4.90 Å². The Balaban J connectivity index is 1.66.